The first kappa shape index (κ1) is 40.7. The Balaban J connectivity index is 1.92. The van der Waals surface area contributed by atoms with Crippen LogP contribution in [0, 0.1) is 17.8 Å². The topological polar surface area (TPSA) is 206 Å². The van der Waals surface area contributed by atoms with Crippen molar-refractivity contribution in [3.05, 3.63) is 29.8 Å². The van der Waals surface area contributed by atoms with E-state index in [1.807, 2.05) is 13.8 Å². The highest BCUT2D eigenvalue weighted by Gasteiger charge is 2.41. The first-order chi connectivity index (χ1) is 23.3. The third-order valence-corrected chi connectivity index (χ3v) is 8.71. The van der Waals surface area contributed by atoms with Gasteiger partial charge in [0.25, 0.3) is 0 Å². The van der Waals surface area contributed by atoms with Crippen molar-refractivity contribution in [3.63, 3.8) is 0 Å². The zero-order valence-corrected chi connectivity index (χ0v) is 29.5. The van der Waals surface area contributed by atoms with Crippen LogP contribution in [-0.4, -0.2) is 79.4 Å². The number of urea groups is 1. The number of rotatable bonds is 21. The lowest BCUT2D eigenvalue weighted by Crippen LogP contribution is -2.54. The van der Waals surface area contributed by atoms with E-state index in [9.17, 15) is 33.6 Å². The van der Waals surface area contributed by atoms with Gasteiger partial charge in [0.05, 0.1) is 5.92 Å². The summed E-state index contributed by atoms with van der Waals surface area (Å²) in [7, 11) is 1.31. The summed E-state index contributed by atoms with van der Waals surface area (Å²) < 4.78 is 4.98. The number of hydrogen-bond donors (Lipinski definition) is 5. The fraction of sp³-hybridized carbons (Fsp3) is 0.618. The number of ether oxygens (including phenoxy) is 1. The Morgan fingerprint density at radius 2 is 1.63 bits per heavy atom. The number of nitrogens with one attached hydrogen (secondary N) is 4. The number of primary amides is 1. The van der Waals surface area contributed by atoms with Crippen LogP contribution in [0.15, 0.2) is 24.3 Å². The van der Waals surface area contributed by atoms with E-state index < -0.39 is 35.8 Å². The summed E-state index contributed by atoms with van der Waals surface area (Å²) in [5.74, 6) is -2.29. The van der Waals surface area contributed by atoms with Gasteiger partial charge in [-0.05, 0) is 55.2 Å². The molecule has 1 heterocycles. The fourth-order valence-corrected chi connectivity index (χ4v) is 5.83. The number of anilines is 1. The molecule has 15 heteroatoms. The van der Waals surface area contributed by atoms with E-state index in [0.717, 1.165) is 18.4 Å². The minimum Gasteiger partial charge on any atom is -0.469 e. The Bertz CT molecular complexity index is 1300. The normalized spacial score (nSPS) is 15.6. The van der Waals surface area contributed by atoms with Gasteiger partial charge in [0, 0.05) is 31.6 Å². The molecule has 1 saturated heterocycles. The number of carbonyl (C=O) groups excluding carboxylic acids is 7. The Hall–Kier alpha value is -4.43. The third-order valence-electron chi connectivity index (χ3n) is 8.71. The number of nitrogens with two attached hydrogens (primary N) is 1. The molecule has 14 nitrogen and oxygen atoms in total. The van der Waals surface area contributed by atoms with Crippen molar-refractivity contribution in [2.45, 2.75) is 104 Å². The van der Waals surface area contributed by atoms with Gasteiger partial charge in [-0.2, -0.15) is 0 Å². The maximum Gasteiger partial charge on any atom is 0.312 e. The summed E-state index contributed by atoms with van der Waals surface area (Å²) in [5, 5.41) is 10.8. The van der Waals surface area contributed by atoms with Crippen LogP contribution in [0.25, 0.3) is 0 Å². The van der Waals surface area contributed by atoms with E-state index >= 15 is 0 Å². The maximum atomic E-state index is 13.4. The predicted molar refractivity (Wildman–Crippen MR) is 187 cm³/mol. The zero-order valence-electron chi connectivity index (χ0n) is 29.5. The van der Waals surface area contributed by atoms with Crippen LogP contribution >= 0.6 is 0 Å². The number of benzene rings is 1. The molecule has 0 aromatic heterocycles. The molecule has 0 bridgehead atoms. The molecule has 2 unspecified atom stereocenters. The lowest BCUT2D eigenvalue weighted by atomic mass is 9.87. The summed E-state index contributed by atoms with van der Waals surface area (Å²) in [5.41, 5.74) is 6.33. The van der Waals surface area contributed by atoms with Crippen LogP contribution in [0.3, 0.4) is 0 Å². The fourth-order valence-electron chi connectivity index (χ4n) is 5.83. The van der Waals surface area contributed by atoms with E-state index in [2.05, 4.69) is 21.3 Å². The molecule has 1 aliphatic rings. The smallest absolute Gasteiger partial charge is 0.312 e. The second kappa shape index (κ2) is 20.8. The highest BCUT2D eigenvalue weighted by molar-refractivity contribution is 6.55. The number of nitrogens with zero attached hydrogens (tertiary/aromatic N) is 1. The predicted octanol–water partition coefficient (Wildman–Crippen LogP) is 2.34. The van der Waals surface area contributed by atoms with Gasteiger partial charge in [0.15, 0.2) is 0 Å². The van der Waals surface area contributed by atoms with Gasteiger partial charge in [-0.3, -0.25) is 33.7 Å². The second-order valence-corrected chi connectivity index (χ2v) is 12.8. The first-order valence-corrected chi connectivity index (χ1v) is 17.3. The molecule has 49 heavy (non-hydrogen) atoms. The molecule has 1 aliphatic heterocycles. The zero-order chi connectivity index (χ0) is 36.5. The van der Waals surface area contributed by atoms with Crippen molar-refractivity contribution in [1.82, 2.24) is 20.9 Å². The van der Waals surface area contributed by atoms with Gasteiger partial charge < -0.3 is 31.7 Å². The molecule has 1 aromatic carbocycles. The molecule has 270 valence electrons. The minimum atomic E-state index is -0.985. The number of amides is 7. The van der Waals surface area contributed by atoms with E-state index in [1.165, 1.54) is 12.7 Å². The molecule has 0 aliphatic carbocycles. The Kier molecular flexibility index (Phi) is 17.3. The standard InChI is InChI=1S/C34H53BN6O8/c1-5-23(6-2)25-19-28(43)41(32(25)46)18-9-7-8-12-27(42)40-29(21(3)4)31(45)39-26(11-10-17-37-34(36)48)30(44)38-24-15-13-22(14-16-24)20-49-33(35)47/h13-16,21,23,25-26,29H,5-12,17-20,35H2,1-4H3,(H,38,44)(H,39,45)(H,40,42)(H3,36,37,48)/t25?,26-,29?/m0/s1. The van der Waals surface area contributed by atoms with Gasteiger partial charge in [-0.1, -0.05) is 59.1 Å². The average Bonchev–Trinajstić information content (AvgIpc) is 3.32. The first-order valence-electron chi connectivity index (χ1n) is 17.3. The van der Waals surface area contributed by atoms with Crippen molar-refractivity contribution in [2.24, 2.45) is 23.5 Å². The molecule has 0 spiro atoms. The van der Waals surface area contributed by atoms with Crippen LogP contribution < -0.4 is 27.0 Å². The molecule has 0 saturated carbocycles. The maximum absolute atomic E-state index is 13.4. The highest BCUT2D eigenvalue weighted by Crippen LogP contribution is 2.31. The van der Waals surface area contributed by atoms with Crippen molar-refractivity contribution in [3.8, 4) is 0 Å². The molecule has 1 aromatic rings. The lowest BCUT2D eigenvalue weighted by Gasteiger charge is -2.25. The van der Waals surface area contributed by atoms with E-state index in [4.69, 9.17) is 10.5 Å². The molecule has 6 N–H and O–H groups in total. The largest absolute Gasteiger partial charge is 0.469 e. The van der Waals surface area contributed by atoms with Crippen LogP contribution in [0.5, 0.6) is 0 Å². The third kappa shape index (κ3) is 13.9. The van der Waals surface area contributed by atoms with Crippen molar-refractivity contribution in [2.75, 3.05) is 18.4 Å². The number of unbranched alkanes of at least 4 members (excludes halogenated alkanes) is 2. The van der Waals surface area contributed by atoms with Crippen molar-refractivity contribution < 1.29 is 38.3 Å². The number of likely N-dealkylation sites (tertiary alicyclic amines) is 1. The van der Waals surface area contributed by atoms with Crippen LogP contribution in [-0.2, 0) is 35.3 Å². The molecule has 2 rings (SSSR count). The van der Waals surface area contributed by atoms with E-state index in [0.29, 0.717) is 37.9 Å². The molecular weight excluding hydrogens is 631 g/mol. The molecular formula is C34H53BN6O8. The summed E-state index contributed by atoms with van der Waals surface area (Å²) >= 11 is 0. The van der Waals surface area contributed by atoms with Crippen LogP contribution in [0.1, 0.15) is 91.0 Å². The van der Waals surface area contributed by atoms with E-state index in [-0.39, 0.29) is 67.9 Å². The van der Waals surface area contributed by atoms with Crippen LogP contribution in [0.4, 0.5) is 15.3 Å². The Labute approximate surface area is 289 Å². The SMILES string of the molecule is BC(=O)OCc1ccc(NC(=O)[C@H](CCCNC(N)=O)NC(=O)C(NC(=O)CCCCCN2C(=O)CC(C(CC)CC)C2=O)C(C)C)cc1. The summed E-state index contributed by atoms with van der Waals surface area (Å²) in [6.07, 6.45) is 4.40. The monoisotopic (exact) mass is 684 g/mol. The van der Waals surface area contributed by atoms with Crippen molar-refractivity contribution in [1.29, 1.82) is 0 Å². The average molecular weight is 685 g/mol. The van der Waals surface area contributed by atoms with Gasteiger partial charge in [0.2, 0.25) is 43.3 Å². The van der Waals surface area contributed by atoms with Gasteiger partial charge in [-0.25, -0.2) is 4.79 Å². The quantitative estimate of drug-likeness (QED) is 0.0737. The summed E-state index contributed by atoms with van der Waals surface area (Å²) in [6.45, 7) is 8.27. The van der Waals surface area contributed by atoms with Crippen LogP contribution in [0.2, 0.25) is 0 Å². The molecule has 7 amide bonds. The van der Waals surface area contributed by atoms with Gasteiger partial charge in [0.1, 0.15) is 18.7 Å². The molecule has 3 atom stereocenters. The summed E-state index contributed by atoms with van der Waals surface area (Å²) in [4.78, 5) is 88.3. The molecule has 1 fully saturated rings. The van der Waals surface area contributed by atoms with Gasteiger partial charge >= 0.3 is 6.03 Å². The number of imide groups is 1. The number of hydrogen-bond acceptors (Lipinski definition) is 8. The van der Waals surface area contributed by atoms with E-state index in [1.54, 1.807) is 38.1 Å². The number of carbonyl (C=O) groups is 7. The molecule has 0 radical (unpaired) electrons. The Morgan fingerprint density at radius 1 is 0.959 bits per heavy atom. The summed E-state index contributed by atoms with van der Waals surface area (Å²) in [6, 6.07) is 4.09. The Morgan fingerprint density at radius 3 is 2.22 bits per heavy atom. The van der Waals surface area contributed by atoms with Gasteiger partial charge in [-0.15, -0.1) is 0 Å². The lowest BCUT2D eigenvalue weighted by molar-refractivity contribution is -0.140. The minimum absolute atomic E-state index is 0.0903. The van der Waals surface area contributed by atoms with Crippen molar-refractivity contribution >= 4 is 55.0 Å². The second-order valence-electron chi connectivity index (χ2n) is 12.8. The highest BCUT2D eigenvalue weighted by atomic mass is 16.5.